The zero-order valence-corrected chi connectivity index (χ0v) is 16.8. The molecule has 1 amide bonds. The fourth-order valence-electron chi connectivity index (χ4n) is 2.99. The molecule has 0 spiro atoms. The molecule has 0 heterocycles. The highest BCUT2D eigenvalue weighted by Crippen LogP contribution is 2.43. The molecule has 0 aliphatic carbocycles. The average Bonchev–Trinajstić information content (AvgIpc) is 2.33. The van der Waals surface area contributed by atoms with Gasteiger partial charge in [-0.25, -0.2) is 0 Å². The molecule has 2 unspecified atom stereocenters. The molecule has 0 aliphatic rings. The highest BCUT2D eigenvalue weighted by atomic mass is 32.2. The lowest BCUT2D eigenvalue weighted by Crippen LogP contribution is -2.55. The molecule has 6 heteroatoms. The second-order valence-corrected chi connectivity index (χ2v) is 9.94. The van der Waals surface area contributed by atoms with Crippen LogP contribution in [0.1, 0.15) is 74.7 Å². The van der Waals surface area contributed by atoms with Gasteiger partial charge in [0.05, 0.1) is 11.3 Å². The Hall–Kier alpha value is -0.620. The number of hydrogen-bond donors (Lipinski definition) is 2. The molecule has 0 radical (unpaired) electrons. The Balaban J connectivity index is 5.47. The van der Waals surface area contributed by atoms with Crippen LogP contribution in [0.3, 0.4) is 0 Å². The SMILES string of the molecule is CCC(C)C(C)(CC(C)(C)CC)C(=O)NC(C)(C)CS(=O)(=O)O. The van der Waals surface area contributed by atoms with Crippen LogP contribution in [-0.4, -0.2) is 30.2 Å². The van der Waals surface area contributed by atoms with Gasteiger partial charge in [0.15, 0.2) is 0 Å². The maximum atomic E-state index is 13.0. The topological polar surface area (TPSA) is 83.5 Å². The van der Waals surface area contributed by atoms with E-state index in [4.69, 9.17) is 4.55 Å². The van der Waals surface area contributed by atoms with Gasteiger partial charge in [-0.1, -0.05) is 54.4 Å². The summed E-state index contributed by atoms with van der Waals surface area (Å²) in [5.41, 5.74) is -1.59. The van der Waals surface area contributed by atoms with Gasteiger partial charge in [0.1, 0.15) is 0 Å². The number of carbonyl (C=O) groups excluding carboxylic acids is 1. The van der Waals surface area contributed by atoms with E-state index < -0.39 is 26.8 Å². The van der Waals surface area contributed by atoms with Crippen molar-refractivity contribution >= 4 is 16.0 Å². The monoisotopic (exact) mass is 349 g/mol. The molecular weight excluding hydrogens is 314 g/mol. The number of carbonyl (C=O) groups is 1. The molecule has 0 aromatic rings. The van der Waals surface area contributed by atoms with Crippen LogP contribution >= 0.6 is 0 Å². The summed E-state index contributed by atoms with van der Waals surface area (Å²) in [7, 11) is -4.15. The largest absolute Gasteiger partial charge is 0.350 e. The van der Waals surface area contributed by atoms with E-state index in [1.165, 1.54) is 0 Å². The van der Waals surface area contributed by atoms with Crippen LogP contribution in [0.25, 0.3) is 0 Å². The lowest BCUT2D eigenvalue weighted by atomic mass is 9.65. The van der Waals surface area contributed by atoms with Gasteiger partial charge < -0.3 is 5.32 Å². The lowest BCUT2D eigenvalue weighted by molar-refractivity contribution is -0.136. The van der Waals surface area contributed by atoms with E-state index >= 15 is 0 Å². The molecule has 5 nitrogen and oxygen atoms in total. The van der Waals surface area contributed by atoms with Gasteiger partial charge in [0.25, 0.3) is 10.1 Å². The summed E-state index contributed by atoms with van der Waals surface area (Å²) in [6, 6.07) is 0. The van der Waals surface area contributed by atoms with E-state index in [0.29, 0.717) is 0 Å². The fourth-order valence-corrected chi connectivity index (χ4v) is 3.97. The Morgan fingerprint density at radius 1 is 1.13 bits per heavy atom. The van der Waals surface area contributed by atoms with Crippen LogP contribution in [0.4, 0.5) is 0 Å². The van der Waals surface area contributed by atoms with E-state index in [9.17, 15) is 13.2 Å². The molecule has 23 heavy (non-hydrogen) atoms. The second-order valence-electron chi connectivity index (χ2n) is 8.49. The van der Waals surface area contributed by atoms with Crippen LogP contribution in [0, 0.1) is 16.7 Å². The number of rotatable bonds is 9. The van der Waals surface area contributed by atoms with Crippen molar-refractivity contribution in [1.29, 1.82) is 0 Å². The van der Waals surface area contributed by atoms with Crippen molar-refractivity contribution in [3.05, 3.63) is 0 Å². The van der Waals surface area contributed by atoms with Crippen molar-refractivity contribution in [3.63, 3.8) is 0 Å². The van der Waals surface area contributed by atoms with E-state index in [0.717, 1.165) is 19.3 Å². The third kappa shape index (κ3) is 7.21. The summed E-state index contributed by atoms with van der Waals surface area (Å²) in [6.45, 7) is 15.7. The highest BCUT2D eigenvalue weighted by molar-refractivity contribution is 7.85. The van der Waals surface area contributed by atoms with Crippen molar-refractivity contribution in [1.82, 2.24) is 5.32 Å². The van der Waals surface area contributed by atoms with E-state index in [1.807, 2.05) is 6.92 Å². The number of nitrogens with one attached hydrogen (secondary N) is 1. The Labute approximate surface area is 142 Å². The standard InChI is InChI=1S/C17H35NO4S/c1-9-13(3)17(8,11-15(4,5)10-2)14(19)18-16(6,7)12-23(20,21)22/h13H,9-12H2,1-8H3,(H,18,19)(H,20,21,22). The molecule has 0 bridgehead atoms. The summed E-state index contributed by atoms with van der Waals surface area (Å²) in [5, 5.41) is 2.84. The first-order valence-electron chi connectivity index (χ1n) is 8.36. The third-order valence-electron chi connectivity index (χ3n) is 5.02. The van der Waals surface area contributed by atoms with Crippen LogP contribution in [0.15, 0.2) is 0 Å². The Morgan fingerprint density at radius 3 is 1.96 bits per heavy atom. The second kappa shape index (κ2) is 7.51. The van der Waals surface area contributed by atoms with Crippen LogP contribution in [-0.2, 0) is 14.9 Å². The van der Waals surface area contributed by atoms with Gasteiger partial charge in [0, 0.05) is 5.41 Å². The quantitative estimate of drug-likeness (QED) is 0.622. The normalized spacial score (nSPS) is 17.4. The average molecular weight is 350 g/mol. The zero-order chi connectivity index (χ0) is 18.7. The molecule has 0 aliphatic heterocycles. The van der Waals surface area contributed by atoms with Gasteiger partial charge in [-0.3, -0.25) is 9.35 Å². The molecule has 0 fully saturated rings. The first-order chi connectivity index (χ1) is 10.1. The minimum atomic E-state index is -4.15. The molecule has 0 rings (SSSR count). The molecular formula is C17H35NO4S. The Morgan fingerprint density at radius 2 is 1.61 bits per heavy atom. The van der Waals surface area contributed by atoms with Crippen LogP contribution < -0.4 is 5.32 Å². The zero-order valence-electron chi connectivity index (χ0n) is 16.0. The molecule has 138 valence electrons. The number of amides is 1. The number of hydrogen-bond acceptors (Lipinski definition) is 3. The summed E-state index contributed by atoms with van der Waals surface area (Å²) >= 11 is 0. The summed E-state index contributed by atoms with van der Waals surface area (Å²) in [6.07, 6.45) is 2.54. The maximum Gasteiger partial charge on any atom is 0.267 e. The van der Waals surface area contributed by atoms with Gasteiger partial charge in [-0.2, -0.15) is 8.42 Å². The van der Waals surface area contributed by atoms with Crippen molar-refractivity contribution in [2.75, 3.05) is 5.75 Å². The van der Waals surface area contributed by atoms with Gasteiger partial charge in [0.2, 0.25) is 5.91 Å². The lowest BCUT2D eigenvalue weighted by Gasteiger charge is -2.42. The molecule has 0 saturated heterocycles. The molecule has 2 N–H and O–H groups in total. The van der Waals surface area contributed by atoms with Crippen molar-refractivity contribution in [2.45, 2.75) is 80.2 Å². The highest BCUT2D eigenvalue weighted by Gasteiger charge is 2.43. The minimum absolute atomic E-state index is 0.0166. The van der Waals surface area contributed by atoms with Crippen molar-refractivity contribution in [2.24, 2.45) is 16.7 Å². The van der Waals surface area contributed by atoms with Gasteiger partial charge >= 0.3 is 0 Å². The Kier molecular flexibility index (Phi) is 7.31. The summed E-state index contributed by atoms with van der Waals surface area (Å²) in [4.78, 5) is 13.0. The summed E-state index contributed by atoms with van der Waals surface area (Å²) in [5.74, 6) is -0.489. The molecule has 0 aromatic heterocycles. The first kappa shape index (κ1) is 22.4. The minimum Gasteiger partial charge on any atom is -0.350 e. The molecule has 0 aromatic carbocycles. The van der Waals surface area contributed by atoms with Crippen molar-refractivity contribution in [3.8, 4) is 0 Å². The smallest absolute Gasteiger partial charge is 0.267 e. The van der Waals surface area contributed by atoms with Gasteiger partial charge in [-0.15, -0.1) is 0 Å². The first-order valence-corrected chi connectivity index (χ1v) is 9.97. The molecule has 0 saturated carbocycles. The maximum absolute atomic E-state index is 13.0. The predicted molar refractivity (Wildman–Crippen MR) is 94.9 cm³/mol. The Bertz CT molecular complexity index is 511. The molecule has 2 atom stereocenters. The van der Waals surface area contributed by atoms with Crippen molar-refractivity contribution < 1.29 is 17.8 Å². The third-order valence-corrected chi connectivity index (χ3v) is 6.10. The van der Waals surface area contributed by atoms with Crippen LogP contribution in [0.2, 0.25) is 0 Å². The summed E-state index contributed by atoms with van der Waals surface area (Å²) < 4.78 is 31.4. The van der Waals surface area contributed by atoms with Crippen LogP contribution in [0.5, 0.6) is 0 Å². The predicted octanol–water partition coefficient (Wildman–Crippen LogP) is 3.65. The fraction of sp³-hybridized carbons (Fsp3) is 0.941. The van der Waals surface area contributed by atoms with E-state index in [-0.39, 0.29) is 17.2 Å². The van der Waals surface area contributed by atoms with E-state index in [1.54, 1.807) is 13.8 Å². The van der Waals surface area contributed by atoms with E-state index in [2.05, 4.69) is 39.9 Å². The van der Waals surface area contributed by atoms with Gasteiger partial charge in [-0.05, 0) is 31.6 Å².